The topological polar surface area (TPSA) is 137 Å². The van der Waals surface area contributed by atoms with Gasteiger partial charge in [0.1, 0.15) is 11.0 Å². The van der Waals surface area contributed by atoms with Crippen molar-refractivity contribution in [3.8, 4) is 0 Å². The molecule has 0 spiro atoms. The molecule has 0 radical (unpaired) electrons. The molecule has 0 bridgehead atoms. The van der Waals surface area contributed by atoms with Gasteiger partial charge in [-0.25, -0.2) is 14.5 Å². The summed E-state index contributed by atoms with van der Waals surface area (Å²) in [7, 11) is 0. The van der Waals surface area contributed by atoms with E-state index in [-0.39, 0.29) is 23.9 Å². The molecule has 0 unspecified atom stereocenters. The van der Waals surface area contributed by atoms with Gasteiger partial charge in [-0.3, -0.25) is 9.59 Å². The third-order valence-electron chi connectivity index (χ3n) is 7.70. The van der Waals surface area contributed by atoms with Crippen LogP contribution < -0.4 is 26.6 Å². The molecule has 0 aromatic carbocycles. The highest BCUT2D eigenvalue weighted by Gasteiger charge is 2.27. The predicted octanol–water partition coefficient (Wildman–Crippen LogP) is 3.44. The van der Waals surface area contributed by atoms with Crippen LogP contribution in [0.4, 0.5) is 17.2 Å². The van der Waals surface area contributed by atoms with E-state index in [1.54, 1.807) is 16.6 Å². The Hall–Kier alpha value is -3.44. The first-order valence-corrected chi connectivity index (χ1v) is 14.2. The Bertz CT molecular complexity index is 1340. The first-order chi connectivity index (χ1) is 19.0. The van der Waals surface area contributed by atoms with Crippen LogP contribution in [0.2, 0.25) is 5.15 Å². The lowest BCUT2D eigenvalue weighted by molar-refractivity contribution is -0.122. The molecular formula is C27H34ClN9O2. The number of imidazole rings is 1. The second-order valence-electron chi connectivity index (χ2n) is 10.9. The molecule has 1 aliphatic heterocycles. The van der Waals surface area contributed by atoms with E-state index < -0.39 is 0 Å². The number of carbonyl (C=O) groups is 2. The van der Waals surface area contributed by atoms with Crippen LogP contribution in [0.15, 0.2) is 30.6 Å². The first-order valence-electron chi connectivity index (χ1n) is 13.8. The standard InChI is InChI=1S/C27H34ClN9O2/c28-23-12-20(8-10-30-23)35-27(39)22-15-31-26-21(32-17-1-2-17)13-24(36-37(22)26)33-18-3-5-19(6-4-18)34-25(38)11-16-7-9-29-14-16/h8,10,12-13,15-19,29,32H,1-7,9,11,14H2,(H,33,36)(H,34,38)(H,30,35,39)/t16-,18-,19-/m0/s1. The Labute approximate surface area is 231 Å². The fourth-order valence-corrected chi connectivity index (χ4v) is 5.63. The quantitative estimate of drug-likeness (QED) is 0.255. The molecule has 5 N–H and O–H groups in total. The fourth-order valence-electron chi connectivity index (χ4n) is 5.45. The Morgan fingerprint density at radius 3 is 2.51 bits per heavy atom. The second kappa shape index (κ2) is 11.4. The van der Waals surface area contributed by atoms with Crippen molar-refractivity contribution in [2.45, 2.75) is 69.5 Å². The largest absolute Gasteiger partial charge is 0.379 e. The van der Waals surface area contributed by atoms with E-state index in [1.807, 2.05) is 6.07 Å². The Kier molecular flexibility index (Phi) is 7.51. The van der Waals surface area contributed by atoms with E-state index in [0.29, 0.717) is 46.4 Å². The number of rotatable bonds is 9. The van der Waals surface area contributed by atoms with Crippen molar-refractivity contribution < 1.29 is 9.59 Å². The molecule has 3 fully saturated rings. The molecule has 206 valence electrons. The van der Waals surface area contributed by atoms with Crippen LogP contribution in [-0.2, 0) is 4.79 Å². The van der Waals surface area contributed by atoms with Gasteiger partial charge in [0.25, 0.3) is 5.91 Å². The van der Waals surface area contributed by atoms with Crippen molar-refractivity contribution in [2.75, 3.05) is 29.0 Å². The molecule has 12 heteroatoms. The molecule has 2 amide bonds. The van der Waals surface area contributed by atoms with Crippen LogP contribution in [0.1, 0.15) is 61.9 Å². The number of aromatic nitrogens is 4. The number of amides is 2. The van der Waals surface area contributed by atoms with Crippen molar-refractivity contribution in [1.82, 2.24) is 30.2 Å². The highest BCUT2D eigenvalue weighted by atomic mass is 35.5. The molecular weight excluding hydrogens is 518 g/mol. The van der Waals surface area contributed by atoms with Gasteiger partial charge in [0.05, 0.1) is 11.9 Å². The molecule has 2 saturated carbocycles. The van der Waals surface area contributed by atoms with Crippen LogP contribution in [-0.4, -0.2) is 62.6 Å². The molecule has 3 aromatic heterocycles. The van der Waals surface area contributed by atoms with E-state index >= 15 is 0 Å². The summed E-state index contributed by atoms with van der Waals surface area (Å²) in [4.78, 5) is 34.1. The third kappa shape index (κ3) is 6.42. The monoisotopic (exact) mass is 551 g/mol. The number of hydrogen-bond acceptors (Lipinski definition) is 8. The van der Waals surface area contributed by atoms with Gasteiger partial charge in [-0.2, -0.15) is 0 Å². The second-order valence-corrected chi connectivity index (χ2v) is 11.3. The number of fused-ring (bicyclic) bond motifs is 1. The lowest BCUT2D eigenvalue weighted by atomic mass is 9.91. The average Bonchev–Trinajstić information content (AvgIpc) is 3.38. The molecule has 3 aromatic rings. The Morgan fingerprint density at radius 1 is 1.00 bits per heavy atom. The fraction of sp³-hybridized carbons (Fsp3) is 0.519. The predicted molar refractivity (Wildman–Crippen MR) is 150 cm³/mol. The minimum atomic E-state index is -0.337. The normalized spacial score (nSPS) is 22.9. The van der Waals surface area contributed by atoms with Gasteiger partial charge >= 0.3 is 0 Å². The summed E-state index contributed by atoms with van der Waals surface area (Å²) >= 11 is 5.97. The van der Waals surface area contributed by atoms with Crippen molar-refractivity contribution in [1.29, 1.82) is 0 Å². The Morgan fingerprint density at radius 2 is 1.77 bits per heavy atom. The van der Waals surface area contributed by atoms with Crippen LogP contribution in [0.3, 0.4) is 0 Å². The van der Waals surface area contributed by atoms with Crippen LogP contribution in [0.5, 0.6) is 0 Å². The third-order valence-corrected chi connectivity index (χ3v) is 7.91. The van der Waals surface area contributed by atoms with Gasteiger partial charge in [0.2, 0.25) is 5.91 Å². The van der Waals surface area contributed by atoms with Gasteiger partial charge in [-0.05, 0) is 76.1 Å². The molecule has 6 rings (SSSR count). The SMILES string of the molecule is O=C(C[C@@H]1CCNC1)N[C@H]1CC[C@H](Nc2cc(NC3CC3)c3ncc(C(=O)Nc4ccnc(Cl)c4)n3n2)CC1. The van der Waals surface area contributed by atoms with Crippen molar-refractivity contribution in [3.63, 3.8) is 0 Å². The van der Waals surface area contributed by atoms with Gasteiger partial charge in [-0.15, -0.1) is 5.10 Å². The van der Waals surface area contributed by atoms with Crippen LogP contribution >= 0.6 is 11.6 Å². The summed E-state index contributed by atoms with van der Waals surface area (Å²) in [6.07, 6.45) is 10.7. The van der Waals surface area contributed by atoms with E-state index in [1.165, 1.54) is 12.4 Å². The highest BCUT2D eigenvalue weighted by molar-refractivity contribution is 6.29. The molecule has 4 heterocycles. The van der Waals surface area contributed by atoms with Gasteiger partial charge in [0.15, 0.2) is 11.3 Å². The van der Waals surface area contributed by atoms with E-state index in [2.05, 4.69) is 36.6 Å². The maximum Gasteiger partial charge on any atom is 0.276 e. The number of anilines is 3. The number of nitrogens with one attached hydrogen (secondary N) is 5. The van der Waals surface area contributed by atoms with Gasteiger partial charge < -0.3 is 26.6 Å². The number of carbonyl (C=O) groups excluding carboxylic acids is 2. The zero-order valence-corrected chi connectivity index (χ0v) is 22.5. The van der Waals surface area contributed by atoms with Crippen molar-refractivity contribution in [2.24, 2.45) is 5.92 Å². The molecule has 11 nitrogen and oxygen atoms in total. The number of hydrogen-bond donors (Lipinski definition) is 5. The molecule has 39 heavy (non-hydrogen) atoms. The number of nitrogens with zero attached hydrogens (tertiary/aromatic N) is 4. The smallest absolute Gasteiger partial charge is 0.276 e. The summed E-state index contributed by atoms with van der Waals surface area (Å²) < 4.78 is 1.59. The summed E-state index contributed by atoms with van der Waals surface area (Å²) in [5.41, 5.74) is 2.33. The number of halogens is 1. The summed E-state index contributed by atoms with van der Waals surface area (Å²) in [5, 5.41) is 21.6. The van der Waals surface area contributed by atoms with Crippen LogP contribution in [0, 0.1) is 5.92 Å². The van der Waals surface area contributed by atoms with E-state index in [0.717, 1.165) is 63.7 Å². The number of pyridine rings is 1. The maximum atomic E-state index is 13.1. The summed E-state index contributed by atoms with van der Waals surface area (Å²) in [6, 6.07) is 6.12. The highest BCUT2D eigenvalue weighted by Crippen LogP contribution is 2.30. The first kappa shape index (κ1) is 25.8. The average molecular weight is 552 g/mol. The van der Waals surface area contributed by atoms with Gasteiger partial charge in [-0.1, -0.05) is 11.6 Å². The zero-order valence-electron chi connectivity index (χ0n) is 21.8. The van der Waals surface area contributed by atoms with Gasteiger partial charge in [0, 0.05) is 42.5 Å². The van der Waals surface area contributed by atoms with E-state index in [4.69, 9.17) is 16.7 Å². The van der Waals surface area contributed by atoms with Crippen molar-refractivity contribution in [3.05, 3.63) is 41.4 Å². The summed E-state index contributed by atoms with van der Waals surface area (Å²) in [6.45, 7) is 1.95. The maximum absolute atomic E-state index is 13.1. The lowest BCUT2D eigenvalue weighted by Crippen LogP contribution is -2.40. The lowest BCUT2D eigenvalue weighted by Gasteiger charge is -2.30. The molecule has 2 aliphatic carbocycles. The van der Waals surface area contributed by atoms with Crippen LogP contribution in [0.25, 0.3) is 5.65 Å². The summed E-state index contributed by atoms with van der Waals surface area (Å²) in [5.74, 6) is 0.977. The molecule has 3 aliphatic rings. The van der Waals surface area contributed by atoms with E-state index in [9.17, 15) is 9.59 Å². The molecule has 1 atom stereocenters. The van der Waals surface area contributed by atoms with Crippen molar-refractivity contribution >= 4 is 46.3 Å². The minimum Gasteiger partial charge on any atom is -0.379 e. The zero-order chi connectivity index (χ0) is 26.8. The molecule has 1 saturated heterocycles. The minimum absolute atomic E-state index is 0.169. The Balaban J connectivity index is 1.13.